The van der Waals surface area contributed by atoms with Crippen molar-refractivity contribution in [2.45, 2.75) is 11.7 Å². The van der Waals surface area contributed by atoms with Gasteiger partial charge in [0.05, 0.1) is 10.9 Å². The Bertz CT molecular complexity index is 794. The van der Waals surface area contributed by atoms with E-state index in [1.165, 1.54) is 11.8 Å². The average molecular weight is 357 g/mol. The summed E-state index contributed by atoms with van der Waals surface area (Å²) in [5.41, 5.74) is 1.87. The van der Waals surface area contributed by atoms with Gasteiger partial charge < -0.3 is 9.47 Å². The minimum absolute atomic E-state index is 0.0334. The lowest BCUT2D eigenvalue weighted by molar-refractivity contribution is -0.116. The lowest BCUT2D eigenvalue weighted by atomic mass is 10.1. The molecule has 2 aliphatic heterocycles. The molecule has 1 atom stereocenters. The van der Waals surface area contributed by atoms with Crippen molar-refractivity contribution >= 4 is 39.9 Å². The third-order valence-electron chi connectivity index (χ3n) is 3.96. The number of amides is 1. The minimum atomic E-state index is -0.208. The van der Waals surface area contributed by atoms with Gasteiger partial charge in [-0.3, -0.25) is 9.69 Å². The first-order chi connectivity index (χ1) is 11.7. The van der Waals surface area contributed by atoms with E-state index in [9.17, 15) is 4.79 Å². The van der Waals surface area contributed by atoms with Gasteiger partial charge in [0.1, 0.15) is 17.5 Å². The molecule has 4 nitrogen and oxygen atoms in total. The minimum Gasteiger partial charge on any atom is -0.486 e. The Morgan fingerprint density at radius 1 is 1.08 bits per heavy atom. The molecule has 2 aliphatic rings. The van der Waals surface area contributed by atoms with Crippen LogP contribution in [0.4, 0.5) is 5.69 Å². The number of ether oxygens (including phenoxy) is 2. The summed E-state index contributed by atoms with van der Waals surface area (Å²) in [5.74, 6) is 1.54. The number of thiocarbonyl (C=S) groups is 1. The summed E-state index contributed by atoms with van der Waals surface area (Å²) in [6, 6.07) is 15.4. The molecule has 0 saturated carbocycles. The number of fused-ring (bicyclic) bond motifs is 1. The van der Waals surface area contributed by atoms with Gasteiger partial charge in [0.2, 0.25) is 5.91 Å². The molecule has 1 fully saturated rings. The number of thioether (sulfide) groups is 1. The van der Waals surface area contributed by atoms with Crippen LogP contribution in [0, 0.1) is 0 Å². The van der Waals surface area contributed by atoms with Gasteiger partial charge in [-0.2, -0.15) is 0 Å². The molecule has 4 rings (SSSR count). The van der Waals surface area contributed by atoms with E-state index in [1.807, 2.05) is 48.5 Å². The first-order valence-electron chi connectivity index (χ1n) is 7.70. The second-order valence-corrected chi connectivity index (χ2v) is 7.40. The Labute approximate surface area is 149 Å². The molecule has 0 aromatic heterocycles. The Morgan fingerprint density at radius 2 is 1.83 bits per heavy atom. The van der Waals surface area contributed by atoms with Gasteiger partial charge in [-0.15, -0.1) is 0 Å². The molecule has 0 aliphatic carbocycles. The van der Waals surface area contributed by atoms with Gasteiger partial charge in [0.25, 0.3) is 0 Å². The van der Waals surface area contributed by atoms with Gasteiger partial charge in [-0.1, -0.05) is 48.2 Å². The molecule has 0 N–H and O–H groups in total. The van der Waals surface area contributed by atoms with E-state index in [4.69, 9.17) is 21.7 Å². The van der Waals surface area contributed by atoms with Gasteiger partial charge in [0, 0.05) is 0 Å². The molecule has 2 aromatic carbocycles. The summed E-state index contributed by atoms with van der Waals surface area (Å²) in [4.78, 5) is 14.4. The average Bonchev–Trinajstić information content (AvgIpc) is 2.89. The van der Waals surface area contributed by atoms with Gasteiger partial charge in [-0.25, -0.2) is 0 Å². The summed E-state index contributed by atoms with van der Waals surface area (Å²) >= 11 is 6.86. The lowest BCUT2D eigenvalue weighted by Gasteiger charge is -2.19. The third kappa shape index (κ3) is 2.87. The highest BCUT2D eigenvalue weighted by Gasteiger charge is 2.37. The number of rotatable bonds is 3. The molecule has 0 spiro atoms. The van der Waals surface area contributed by atoms with Crippen LogP contribution in [-0.4, -0.2) is 28.7 Å². The van der Waals surface area contributed by atoms with E-state index >= 15 is 0 Å². The zero-order valence-electron chi connectivity index (χ0n) is 12.8. The number of hydrogen-bond acceptors (Lipinski definition) is 5. The zero-order chi connectivity index (χ0) is 16.5. The predicted octanol–water partition coefficient (Wildman–Crippen LogP) is 3.43. The van der Waals surface area contributed by atoms with E-state index in [1.54, 1.807) is 4.90 Å². The first-order valence-corrected chi connectivity index (χ1v) is 8.99. The number of hydrogen-bond donors (Lipinski definition) is 0. The molecule has 1 unspecified atom stereocenters. The van der Waals surface area contributed by atoms with Crippen LogP contribution in [0.2, 0.25) is 0 Å². The summed E-state index contributed by atoms with van der Waals surface area (Å²) in [6.45, 7) is 1.13. The second-order valence-electron chi connectivity index (χ2n) is 5.56. The fourth-order valence-electron chi connectivity index (χ4n) is 2.83. The Kier molecular flexibility index (Phi) is 4.16. The zero-order valence-corrected chi connectivity index (χ0v) is 14.4. The van der Waals surface area contributed by atoms with Crippen molar-refractivity contribution in [3.63, 3.8) is 0 Å². The normalized spacial score (nSPS) is 19.7. The third-order valence-corrected chi connectivity index (χ3v) is 5.47. The maximum absolute atomic E-state index is 12.8. The van der Waals surface area contributed by atoms with Crippen LogP contribution >= 0.6 is 24.0 Å². The van der Waals surface area contributed by atoms with Crippen molar-refractivity contribution in [3.8, 4) is 11.5 Å². The molecule has 6 heteroatoms. The number of carbonyl (C=O) groups excluding carboxylic acids is 1. The number of benzene rings is 2. The van der Waals surface area contributed by atoms with Crippen molar-refractivity contribution in [2.75, 3.05) is 18.1 Å². The SMILES string of the molecule is O=C1C(Cc2ccc3c(c2)OCCO3)SC(=S)N1c1ccccc1. The van der Waals surface area contributed by atoms with Crippen molar-refractivity contribution < 1.29 is 14.3 Å². The molecular weight excluding hydrogens is 342 g/mol. The molecule has 0 radical (unpaired) electrons. The summed E-state index contributed by atoms with van der Waals surface area (Å²) in [5, 5.41) is -0.208. The number of para-hydroxylation sites is 1. The summed E-state index contributed by atoms with van der Waals surface area (Å²) < 4.78 is 11.8. The monoisotopic (exact) mass is 357 g/mol. The Hall–Kier alpha value is -2.05. The van der Waals surface area contributed by atoms with Crippen LogP contribution < -0.4 is 14.4 Å². The fraction of sp³-hybridized carbons (Fsp3) is 0.222. The molecule has 24 heavy (non-hydrogen) atoms. The standard InChI is InChI=1S/C18H15NO3S2/c20-17-16(24-18(23)19(17)13-4-2-1-3-5-13)11-12-6-7-14-15(10-12)22-9-8-21-14/h1-7,10,16H,8-9,11H2. The highest BCUT2D eigenvalue weighted by Crippen LogP contribution is 2.36. The second kappa shape index (κ2) is 6.45. The smallest absolute Gasteiger partial charge is 0.246 e. The molecule has 122 valence electrons. The largest absolute Gasteiger partial charge is 0.486 e. The van der Waals surface area contributed by atoms with Crippen LogP contribution in [0.15, 0.2) is 48.5 Å². The molecule has 0 bridgehead atoms. The highest BCUT2D eigenvalue weighted by atomic mass is 32.2. The Morgan fingerprint density at radius 3 is 2.62 bits per heavy atom. The van der Waals surface area contributed by atoms with Crippen LogP contribution in [0.1, 0.15) is 5.56 Å². The number of nitrogens with zero attached hydrogens (tertiary/aromatic N) is 1. The van der Waals surface area contributed by atoms with Gasteiger partial charge in [0.15, 0.2) is 11.5 Å². The summed E-state index contributed by atoms with van der Waals surface area (Å²) in [6.07, 6.45) is 0.615. The van der Waals surface area contributed by atoms with E-state index in [-0.39, 0.29) is 11.2 Å². The van der Waals surface area contributed by atoms with Crippen molar-refractivity contribution in [2.24, 2.45) is 0 Å². The van der Waals surface area contributed by atoms with Crippen LogP contribution in [0.25, 0.3) is 0 Å². The van der Waals surface area contributed by atoms with Crippen molar-refractivity contribution in [1.29, 1.82) is 0 Å². The van der Waals surface area contributed by atoms with E-state index < -0.39 is 0 Å². The van der Waals surface area contributed by atoms with Crippen molar-refractivity contribution in [3.05, 3.63) is 54.1 Å². The van der Waals surface area contributed by atoms with Crippen LogP contribution in [-0.2, 0) is 11.2 Å². The number of carbonyl (C=O) groups is 1. The molecule has 2 aromatic rings. The van der Waals surface area contributed by atoms with E-state index in [2.05, 4.69) is 0 Å². The Balaban J connectivity index is 1.53. The van der Waals surface area contributed by atoms with Crippen LogP contribution in [0.5, 0.6) is 11.5 Å². The van der Waals surface area contributed by atoms with Crippen molar-refractivity contribution in [1.82, 2.24) is 0 Å². The number of anilines is 1. The van der Waals surface area contributed by atoms with Gasteiger partial charge >= 0.3 is 0 Å². The maximum Gasteiger partial charge on any atom is 0.246 e. The quantitative estimate of drug-likeness (QED) is 0.787. The maximum atomic E-state index is 12.8. The summed E-state index contributed by atoms with van der Waals surface area (Å²) in [7, 11) is 0. The predicted molar refractivity (Wildman–Crippen MR) is 99.0 cm³/mol. The van der Waals surface area contributed by atoms with Crippen LogP contribution in [0.3, 0.4) is 0 Å². The molecule has 1 saturated heterocycles. The lowest BCUT2D eigenvalue weighted by Crippen LogP contribution is -2.31. The highest BCUT2D eigenvalue weighted by molar-refractivity contribution is 8.25. The van der Waals surface area contributed by atoms with E-state index in [0.717, 1.165) is 22.7 Å². The molecule has 1 amide bonds. The van der Waals surface area contributed by atoms with Gasteiger partial charge in [-0.05, 0) is 36.2 Å². The fourth-order valence-corrected chi connectivity index (χ4v) is 4.40. The molecular formula is C18H15NO3S2. The topological polar surface area (TPSA) is 38.8 Å². The molecule has 2 heterocycles. The first kappa shape index (κ1) is 15.5. The van der Waals surface area contributed by atoms with E-state index in [0.29, 0.717) is 24.0 Å².